The van der Waals surface area contributed by atoms with E-state index in [1.54, 1.807) is 5.94 Å². The molecule has 1 amide bonds. The molecule has 1 heterocycles. The molecular formula is C19H22N2O4S. The molecule has 1 atom stereocenters. The van der Waals surface area contributed by atoms with Crippen molar-refractivity contribution in [1.29, 1.82) is 0 Å². The van der Waals surface area contributed by atoms with Gasteiger partial charge in [0.25, 0.3) is 5.19 Å². The largest absolute Gasteiger partial charge is 0.465 e. The number of carbonyl (C=O) groups is 1. The fourth-order valence-corrected chi connectivity index (χ4v) is 3.01. The van der Waals surface area contributed by atoms with E-state index in [1.165, 1.54) is 17.4 Å². The highest BCUT2D eigenvalue weighted by Crippen LogP contribution is 2.27. The zero-order valence-electron chi connectivity index (χ0n) is 14.8. The van der Waals surface area contributed by atoms with Crippen LogP contribution in [0.25, 0.3) is 0 Å². The van der Waals surface area contributed by atoms with Crippen molar-refractivity contribution >= 4 is 23.4 Å². The summed E-state index contributed by atoms with van der Waals surface area (Å²) in [6, 6.07) is 9.24. The van der Waals surface area contributed by atoms with Crippen LogP contribution in [-0.2, 0) is 16.1 Å². The summed E-state index contributed by atoms with van der Waals surface area (Å²) in [6.07, 6.45) is 1.47. The van der Waals surface area contributed by atoms with Gasteiger partial charge in [0.2, 0.25) is 0 Å². The number of hydrogen-bond donors (Lipinski definition) is 1. The van der Waals surface area contributed by atoms with Crippen molar-refractivity contribution < 1.29 is 19.1 Å². The van der Waals surface area contributed by atoms with Crippen LogP contribution in [0.5, 0.6) is 5.19 Å². The highest BCUT2D eigenvalue weighted by molar-refractivity contribution is 7.11. The molecule has 1 aromatic carbocycles. The van der Waals surface area contributed by atoms with Crippen molar-refractivity contribution in [3.8, 4) is 5.19 Å². The highest BCUT2D eigenvalue weighted by atomic mass is 32.1. The van der Waals surface area contributed by atoms with Crippen molar-refractivity contribution in [2.24, 2.45) is 5.92 Å². The van der Waals surface area contributed by atoms with Crippen LogP contribution in [0.4, 0.5) is 4.79 Å². The molecule has 0 spiro atoms. The molecule has 1 N–H and O–H groups in total. The fraction of sp³-hybridized carbons (Fsp3) is 0.368. The molecule has 0 aliphatic rings. The number of thiazole rings is 1. The molecule has 1 aromatic heterocycles. The van der Waals surface area contributed by atoms with Crippen molar-refractivity contribution in [2.75, 3.05) is 6.61 Å². The van der Waals surface area contributed by atoms with Crippen LogP contribution in [0.15, 0.2) is 41.8 Å². The van der Waals surface area contributed by atoms with Gasteiger partial charge in [-0.1, -0.05) is 55.5 Å². The van der Waals surface area contributed by atoms with E-state index >= 15 is 0 Å². The van der Waals surface area contributed by atoms with Crippen molar-refractivity contribution in [2.45, 2.75) is 32.9 Å². The average molecular weight is 374 g/mol. The van der Waals surface area contributed by atoms with Crippen LogP contribution in [-0.4, -0.2) is 23.6 Å². The third-order valence-corrected chi connectivity index (χ3v) is 4.21. The van der Waals surface area contributed by atoms with E-state index in [2.05, 4.69) is 24.1 Å². The molecule has 0 aliphatic heterocycles. The van der Waals surface area contributed by atoms with Gasteiger partial charge in [0, 0.05) is 11.5 Å². The summed E-state index contributed by atoms with van der Waals surface area (Å²) in [6.45, 7) is 4.48. The maximum Gasteiger partial charge on any atom is 0.408 e. The smallest absolute Gasteiger partial charge is 0.408 e. The van der Waals surface area contributed by atoms with Crippen molar-refractivity contribution in [3.05, 3.63) is 53.0 Å². The summed E-state index contributed by atoms with van der Waals surface area (Å²) < 4.78 is 10.6. The van der Waals surface area contributed by atoms with Gasteiger partial charge in [0.1, 0.15) is 19.2 Å². The van der Waals surface area contributed by atoms with E-state index in [9.17, 15) is 9.59 Å². The highest BCUT2D eigenvalue weighted by Gasteiger charge is 2.20. The first-order valence-electron chi connectivity index (χ1n) is 8.33. The second kappa shape index (κ2) is 10.4. The minimum atomic E-state index is -0.487. The number of ether oxygens (including phenoxy) is 2. The third kappa shape index (κ3) is 6.70. The van der Waals surface area contributed by atoms with Crippen LogP contribution in [0, 0.1) is 5.92 Å². The number of carbonyl (C=O) groups excluding carboxylic acids is 2. The van der Waals surface area contributed by atoms with E-state index in [1.807, 2.05) is 35.7 Å². The van der Waals surface area contributed by atoms with E-state index in [4.69, 9.17) is 9.47 Å². The average Bonchev–Trinajstić information content (AvgIpc) is 3.09. The summed E-state index contributed by atoms with van der Waals surface area (Å²) in [7, 11) is 0. The number of nitrogens with one attached hydrogen (secondary N) is 1. The lowest BCUT2D eigenvalue weighted by atomic mass is 10.0. The molecule has 0 saturated carbocycles. The van der Waals surface area contributed by atoms with E-state index in [0.29, 0.717) is 16.8 Å². The number of amides is 1. The van der Waals surface area contributed by atoms with Gasteiger partial charge in [0.15, 0.2) is 0 Å². The first kappa shape index (κ1) is 19.7. The van der Waals surface area contributed by atoms with E-state index in [0.717, 1.165) is 12.0 Å². The first-order valence-corrected chi connectivity index (χ1v) is 9.21. The molecule has 0 aliphatic carbocycles. The monoisotopic (exact) mass is 374 g/mol. The predicted octanol–water partition coefficient (Wildman–Crippen LogP) is 3.92. The Bertz CT molecular complexity index is 739. The minimum absolute atomic E-state index is 0.123. The van der Waals surface area contributed by atoms with Crippen LogP contribution in [0.2, 0.25) is 0 Å². The van der Waals surface area contributed by atoms with Gasteiger partial charge in [-0.25, -0.2) is 14.6 Å². The molecule has 26 heavy (non-hydrogen) atoms. The topological polar surface area (TPSA) is 77.5 Å². The van der Waals surface area contributed by atoms with Crippen molar-refractivity contribution in [3.63, 3.8) is 0 Å². The van der Waals surface area contributed by atoms with Gasteiger partial charge >= 0.3 is 6.09 Å². The minimum Gasteiger partial charge on any atom is -0.465 e. The Labute approximate surface area is 156 Å². The standard InChI is InChI=1S/C19H22N2O4S/c1-14(2)11-16(17-13-26-19(21-17)24-10-6-9-22)20-18(23)25-12-15-7-4-3-5-8-15/h3-8,13-14,16H,10-12H2,1-2H3,(H,20,23)/t16-/m0/s1. The number of rotatable bonds is 9. The molecule has 138 valence electrons. The van der Waals surface area contributed by atoms with Gasteiger partial charge in [-0.05, 0) is 17.9 Å². The quantitative estimate of drug-likeness (QED) is 0.673. The zero-order chi connectivity index (χ0) is 18.8. The maximum atomic E-state index is 12.2. The molecule has 0 bridgehead atoms. The van der Waals surface area contributed by atoms with Gasteiger partial charge in [0.05, 0.1) is 11.7 Å². The molecule has 2 rings (SSSR count). The maximum absolute atomic E-state index is 12.2. The van der Waals surface area contributed by atoms with Crippen LogP contribution in [0.1, 0.15) is 37.6 Å². The summed E-state index contributed by atoms with van der Waals surface area (Å²) in [5.74, 6) is 2.01. The normalized spacial score (nSPS) is 11.5. The Morgan fingerprint density at radius 3 is 2.81 bits per heavy atom. The molecule has 0 fully saturated rings. The summed E-state index contributed by atoms with van der Waals surface area (Å²) >= 11 is 1.32. The van der Waals surface area contributed by atoms with E-state index < -0.39 is 6.09 Å². The lowest BCUT2D eigenvalue weighted by molar-refractivity contribution is 0.134. The Kier molecular flexibility index (Phi) is 7.86. The number of benzene rings is 1. The van der Waals surface area contributed by atoms with E-state index in [-0.39, 0.29) is 19.3 Å². The lowest BCUT2D eigenvalue weighted by Crippen LogP contribution is -2.30. The Morgan fingerprint density at radius 2 is 2.12 bits per heavy atom. The second-order valence-electron chi connectivity index (χ2n) is 6.06. The zero-order valence-corrected chi connectivity index (χ0v) is 15.6. The lowest BCUT2D eigenvalue weighted by Gasteiger charge is -2.18. The molecule has 7 heteroatoms. The third-order valence-electron chi connectivity index (χ3n) is 3.44. The van der Waals surface area contributed by atoms with Gasteiger partial charge in [-0.15, -0.1) is 0 Å². The van der Waals surface area contributed by atoms with Gasteiger partial charge in [-0.3, -0.25) is 0 Å². The molecule has 6 nitrogen and oxygen atoms in total. The number of hydrogen-bond acceptors (Lipinski definition) is 6. The summed E-state index contributed by atoms with van der Waals surface area (Å²) in [4.78, 5) is 26.7. The number of alkyl carbamates (subject to hydrolysis) is 1. The SMILES string of the molecule is CC(C)C[C@H](NC(=O)OCc1ccccc1)c1csc(OCC=C=O)n1. The Morgan fingerprint density at radius 1 is 1.35 bits per heavy atom. The number of aromatic nitrogens is 1. The van der Waals surface area contributed by atoms with Gasteiger partial charge < -0.3 is 14.8 Å². The molecule has 0 unspecified atom stereocenters. The fourth-order valence-electron chi connectivity index (χ4n) is 2.27. The van der Waals surface area contributed by atoms with Gasteiger partial charge in [-0.2, -0.15) is 0 Å². The molecule has 2 aromatic rings. The van der Waals surface area contributed by atoms with Crippen molar-refractivity contribution in [1.82, 2.24) is 10.3 Å². The number of nitrogens with zero attached hydrogens (tertiary/aromatic N) is 1. The van der Waals surface area contributed by atoms with Crippen LogP contribution < -0.4 is 10.1 Å². The molecular weight excluding hydrogens is 352 g/mol. The molecule has 0 radical (unpaired) electrons. The predicted molar refractivity (Wildman–Crippen MR) is 99.8 cm³/mol. The Balaban J connectivity index is 1.95. The van der Waals surface area contributed by atoms with Crippen LogP contribution in [0.3, 0.4) is 0 Å². The summed E-state index contributed by atoms with van der Waals surface area (Å²) in [5, 5.41) is 5.15. The summed E-state index contributed by atoms with van der Waals surface area (Å²) in [5.41, 5.74) is 1.64. The molecule has 0 saturated heterocycles. The second-order valence-corrected chi connectivity index (χ2v) is 6.88. The van der Waals surface area contributed by atoms with Crippen LogP contribution >= 0.6 is 11.3 Å². The Hall–Kier alpha value is -2.63. The first-order chi connectivity index (χ1) is 12.6.